The summed E-state index contributed by atoms with van der Waals surface area (Å²) in [4.78, 5) is 0. The number of nitrogens with two attached hydrogens (primary N) is 1. The Morgan fingerprint density at radius 3 is 2.25 bits per heavy atom. The smallest absolute Gasteiger partial charge is 0.0581 e. The van der Waals surface area contributed by atoms with Crippen LogP contribution in [-0.4, -0.2) is 17.3 Å². The zero-order chi connectivity index (χ0) is 6.15. The minimum atomic E-state index is -0.134. The Morgan fingerprint density at radius 1 is 1.50 bits per heavy atom. The predicted octanol–water partition coefficient (Wildman–Crippen LogP) is 0.104. The fourth-order valence-corrected chi connectivity index (χ4v) is 1.27. The Hall–Kier alpha value is -0.0800. The highest BCUT2D eigenvalue weighted by Crippen LogP contribution is 2.23. The molecule has 1 rings (SSSR count). The lowest BCUT2D eigenvalue weighted by atomic mass is 10.1. The Balaban J connectivity index is 2.39. The molecule has 3 N–H and O–H groups in total. The van der Waals surface area contributed by atoms with E-state index < -0.39 is 0 Å². The largest absolute Gasteiger partial charge is 0.393 e. The molecule has 1 aliphatic carbocycles. The van der Waals surface area contributed by atoms with Crippen molar-refractivity contribution in [2.24, 2.45) is 11.7 Å². The van der Waals surface area contributed by atoms with Crippen LogP contribution in [0.3, 0.4) is 0 Å². The molecule has 0 saturated heterocycles. The molecule has 0 unspecified atom stereocenters. The van der Waals surface area contributed by atoms with E-state index in [0.717, 1.165) is 12.8 Å². The molecule has 0 bridgehead atoms. The standard InChI is InChI=1S/C6H13NO/c1-4-2-5(7)3-6(4)8/h4-6,8H,2-3,7H2,1H3/t4-,5-,6-/m1/s1. The predicted molar refractivity (Wildman–Crippen MR) is 32.4 cm³/mol. The van der Waals surface area contributed by atoms with E-state index in [2.05, 4.69) is 0 Å². The maximum Gasteiger partial charge on any atom is 0.0581 e. The van der Waals surface area contributed by atoms with Gasteiger partial charge >= 0.3 is 0 Å². The number of aliphatic hydroxyl groups excluding tert-OH is 1. The van der Waals surface area contributed by atoms with Gasteiger partial charge in [0, 0.05) is 6.04 Å². The van der Waals surface area contributed by atoms with Crippen molar-refractivity contribution in [3.8, 4) is 0 Å². The van der Waals surface area contributed by atoms with Gasteiger partial charge in [-0.25, -0.2) is 0 Å². The van der Waals surface area contributed by atoms with E-state index in [1.54, 1.807) is 0 Å². The second-order valence-corrected chi connectivity index (χ2v) is 2.78. The molecule has 3 atom stereocenters. The Bertz CT molecular complexity index is 74.6. The Morgan fingerprint density at radius 2 is 2.12 bits per heavy atom. The van der Waals surface area contributed by atoms with E-state index in [-0.39, 0.29) is 12.1 Å². The molecule has 8 heavy (non-hydrogen) atoms. The summed E-state index contributed by atoms with van der Waals surface area (Å²) in [5.74, 6) is 0.421. The van der Waals surface area contributed by atoms with Crippen LogP contribution in [-0.2, 0) is 0 Å². The molecule has 0 spiro atoms. The van der Waals surface area contributed by atoms with Gasteiger partial charge < -0.3 is 10.8 Å². The summed E-state index contributed by atoms with van der Waals surface area (Å²) in [7, 11) is 0. The molecule has 2 heteroatoms. The summed E-state index contributed by atoms with van der Waals surface area (Å²) in [5.41, 5.74) is 5.56. The van der Waals surface area contributed by atoms with E-state index in [0.29, 0.717) is 5.92 Å². The maximum atomic E-state index is 9.09. The molecular formula is C6H13NO. The van der Waals surface area contributed by atoms with Gasteiger partial charge in [-0.2, -0.15) is 0 Å². The summed E-state index contributed by atoms with van der Waals surface area (Å²) in [6.07, 6.45) is 1.65. The molecule has 0 aromatic rings. The fourth-order valence-electron chi connectivity index (χ4n) is 1.27. The second kappa shape index (κ2) is 2.03. The van der Waals surface area contributed by atoms with Crippen LogP contribution in [0.1, 0.15) is 19.8 Å². The lowest BCUT2D eigenvalue weighted by molar-refractivity contribution is 0.141. The van der Waals surface area contributed by atoms with Crippen molar-refractivity contribution in [2.75, 3.05) is 0 Å². The van der Waals surface area contributed by atoms with Crippen LogP contribution >= 0.6 is 0 Å². The summed E-state index contributed by atoms with van der Waals surface area (Å²) >= 11 is 0. The summed E-state index contributed by atoms with van der Waals surface area (Å²) < 4.78 is 0. The molecule has 1 fully saturated rings. The summed E-state index contributed by atoms with van der Waals surface area (Å²) in [6.45, 7) is 2.04. The van der Waals surface area contributed by atoms with Gasteiger partial charge in [0.2, 0.25) is 0 Å². The van der Waals surface area contributed by atoms with Crippen LogP contribution in [0.4, 0.5) is 0 Å². The molecule has 0 aromatic carbocycles. The van der Waals surface area contributed by atoms with Gasteiger partial charge in [0.05, 0.1) is 6.10 Å². The number of aliphatic hydroxyl groups is 1. The van der Waals surface area contributed by atoms with Crippen molar-refractivity contribution in [3.05, 3.63) is 0 Å². The van der Waals surface area contributed by atoms with Crippen molar-refractivity contribution < 1.29 is 5.11 Å². The van der Waals surface area contributed by atoms with E-state index >= 15 is 0 Å². The number of rotatable bonds is 0. The van der Waals surface area contributed by atoms with E-state index in [1.165, 1.54) is 0 Å². The zero-order valence-electron chi connectivity index (χ0n) is 5.17. The van der Waals surface area contributed by atoms with E-state index in [4.69, 9.17) is 10.8 Å². The van der Waals surface area contributed by atoms with Crippen LogP contribution in [0, 0.1) is 5.92 Å². The molecule has 0 aromatic heterocycles. The van der Waals surface area contributed by atoms with Crippen LogP contribution in [0.2, 0.25) is 0 Å². The highest BCUT2D eigenvalue weighted by atomic mass is 16.3. The first-order chi connectivity index (χ1) is 3.70. The molecule has 0 aliphatic heterocycles. The zero-order valence-corrected chi connectivity index (χ0v) is 5.17. The van der Waals surface area contributed by atoms with Gasteiger partial charge in [0.15, 0.2) is 0 Å². The van der Waals surface area contributed by atoms with Gasteiger partial charge in [0.25, 0.3) is 0 Å². The average molecular weight is 115 g/mol. The van der Waals surface area contributed by atoms with Crippen LogP contribution < -0.4 is 5.73 Å². The van der Waals surface area contributed by atoms with Crippen molar-refractivity contribution >= 4 is 0 Å². The quantitative estimate of drug-likeness (QED) is 0.470. The molecular weight excluding hydrogens is 102 g/mol. The van der Waals surface area contributed by atoms with Gasteiger partial charge in [0.1, 0.15) is 0 Å². The first-order valence-electron chi connectivity index (χ1n) is 3.14. The highest BCUT2D eigenvalue weighted by Gasteiger charge is 2.26. The minimum absolute atomic E-state index is 0.134. The first-order valence-corrected chi connectivity index (χ1v) is 3.14. The van der Waals surface area contributed by atoms with Crippen LogP contribution in [0.5, 0.6) is 0 Å². The summed E-state index contributed by atoms with van der Waals surface area (Å²) in [5, 5.41) is 9.09. The molecule has 1 saturated carbocycles. The van der Waals surface area contributed by atoms with Crippen molar-refractivity contribution in [1.82, 2.24) is 0 Å². The molecule has 0 heterocycles. The molecule has 1 aliphatic rings. The Kier molecular flexibility index (Phi) is 1.54. The lowest BCUT2D eigenvalue weighted by Crippen LogP contribution is -2.15. The van der Waals surface area contributed by atoms with Crippen molar-refractivity contribution in [3.63, 3.8) is 0 Å². The second-order valence-electron chi connectivity index (χ2n) is 2.78. The maximum absolute atomic E-state index is 9.09. The van der Waals surface area contributed by atoms with Crippen molar-refractivity contribution in [1.29, 1.82) is 0 Å². The lowest BCUT2D eigenvalue weighted by Gasteiger charge is -2.03. The minimum Gasteiger partial charge on any atom is -0.393 e. The topological polar surface area (TPSA) is 46.2 Å². The third-order valence-corrected chi connectivity index (χ3v) is 1.88. The summed E-state index contributed by atoms with van der Waals surface area (Å²) in [6, 6.07) is 0.250. The average Bonchev–Trinajstić information content (AvgIpc) is 1.85. The van der Waals surface area contributed by atoms with Gasteiger partial charge in [-0.15, -0.1) is 0 Å². The molecule has 0 radical (unpaired) electrons. The van der Waals surface area contributed by atoms with Crippen LogP contribution in [0.15, 0.2) is 0 Å². The molecule has 2 nitrogen and oxygen atoms in total. The third kappa shape index (κ3) is 1.01. The Labute approximate surface area is 49.7 Å². The van der Waals surface area contributed by atoms with Gasteiger partial charge in [-0.3, -0.25) is 0 Å². The molecule has 0 amide bonds. The third-order valence-electron chi connectivity index (χ3n) is 1.88. The van der Waals surface area contributed by atoms with Crippen LogP contribution in [0.25, 0.3) is 0 Å². The molecule has 48 valence electrons. The van der Waals surface area contributed by atoms with E-state index in [1.807, 2.05) is 6.92 Å². The highest BCUT2D eigenvalue weighted by molar-refractivity contribution is 4.82. The monoisotopic (exact) mass is 115 g/mol. The van der Waals surface area contributed by atoms with Gasteiger partial charge in [-0.05, 0) is 18.8 Å². The van der Waals surface area contributed by atoms with Gasteiger partial charge in [-0.1, -0.05) is 6.92 Å². The number of hydrogen-bond acceptors (Lipinski definition) is 2. The fraction of sp³-hybridized carbons (Fsp3) is 1.00. The number of hydrogen-bond donors (Lipinski definition) is 2. The SMILES string of the molecule is C[C@@H]1C[C@@H](N)C[C@H]1O. The normalized spacial score (nSPS) is 47.6. The first kappa shape index (κ1) is 6.05. The van der Waals surface area contributed by atoms with Crippen molar-refractivity contribution in [2.45, 2.75) is 31.9 Å². The van der Waals surface area contributed by atoms with E-state index in [9.17, 15) is 0 Å².